The molecule has 1 saturated heterocycles. The zero-order chi connectivity index (χ0) is 13.0. The van der Waals surface area contributed by atoms with E-state index in [1.165, 1.54) is 6.42 Å². The van der Waals surface area contributed by atoms with Gasteiger partial charge < -0.3 is 9.47 Å². The van der Waals surface area contributed by atoms with Gasteiger partial charge in [0.1, 0.15) is 12.2 Å². The van der Waals surface area contributed by atoms with Crippen molar-refractivity contribution in [2.75, 3.05) is 13.1 Å². The quantitative estimate of drug-likeness (QED) is 0.836. The number of carbonyl (C=O) groups is 1. The van der Waals surface area contributed by atoms with Crippen molar-refractivity contribution in [2.45, 2.75) is 38.8 Å². The summed E-state index contributed by atoms with van der Waals surface area (Å²) in [5.41, 5.74) is 0. The average molecular weight is 251 g/mol. The molecule has 6 nitrogen and oxygen atoms in total. The fourth-order valence-electron chi connectivity index (χ4n) is 2.19. The Bertz CT molecular complexity index is 397. The van der Waals surface area contributed by atoms with Crippen LogP contribution in [0.15, 0.2) is 6.33 Å². The lowest BCUT2D eigenvalue weighted by Crippen LogP contribution is -2.46. The van der Waals surface area contributed by atoms with Gasteiger partial charge in [-0.15, -0.1) is 10.2 Å². The Balaban J connectivity index is 1.82. The highest BCUT2D eigenvalue weighted by atomic mass is 16.2. The largest absolute Gasteiger partial charge is 0.341 e. The highest BCUT2D eigenvalue weighted by molar-refractivity contribution is 5.81. The molecule has 18 heavy (non-hydrogen) atoms. The Morgan fingerprint density at radius 3 is 2.78 bits per heavy atom. The van der Waals surface area contributed by atoms with Crippen molar-refractivity contribution >= 4 is 5.91 Å². The summed E-state index contributed by atoms with van der Waals surface area (Å²) in [6, 6.07) is -0.167. The molecule has 1 aliphatic heterocycles. The topological polar surface area (TPSA) is 63.1 Å². The number of nitrogens with zero attached hydrogens (tertiary/aromatic N) is 4. The maximum absolute atomic E-state index is 12.2. The second-order valence-electron chi connectivity index (χ2n) is 4.85. The Labute approximate surface area is 107 Å². The van der Waals surface area contributed by atoms with Crippen LogP contribution in [0.25, 0.3) is 0 Å². The molecule has 1 aromatic heterocycles. The highest BCUT2D eigenvalue weighted by Gasteiger charge is 2.21. The lowest BCUT2D eigenvalue weighted by atomic mass is 10.1. The molecular weight excluding hydrogens is 230 g/mol. The molecule has 1 aliphatic rings. The van der Waals surface area contributed by atoms with Gasteiger partial charge in [-0.2, -0.15) is 0 Å². The second kappa shape index (κ2) is 5.95. The van der Waals surface area contributed by atoms with Crippen LogP contribution in [0.1, 0.15) is 32.0 Å². The third kappa shape index (κ3) is 3.07. The van der Waals surface area contributed by atoms with E-state index in [2.05, 4.69) is 15.5 Å². The molecule has 0 radical (unpaired) electrons. The molecule has 0 spiro atoms. The third-order valence-corrected chi connectivity index (χ3v) is 3.41. The first kappa shape index (κ1) is 13.0. The summed E-state index contributed by atoms with van der Waals surface area (Å²) in [6.45, 7) is 4.27. The van der Waals surface area contributed by atoms with Crippen LogP contribution in [0.3, 0.4) is 0 Å². The first-order valence-corrected chi connectivity index (χ1v) is 6.53. The Morgan fingerprint density at radius 2 is 2.17 bits per heavy atom. The van der Waals surface area contributed by atoms with Crippen molar-refractivity contribution in [3.8, 4) is 0 Å². The van der Waals surface area contributed by atoms with Crippen molar-refractivity contribution < 1.29 is 4.79 Å². The lowest BCUT2D eigenvalue weighted by molar-refractivity contribution is -0.133. The predicted molar refractivity (Wildman–Crippen MR) is 67.7 cm³/mol. The lowest BCUT2D eigenvalue weighted by Gasteiger charge is -2.29. The smallest absolute Gasteiger partial charge is 0.239 e. The van der Waals surface area contributed by atoms with E-state index < -0.39 is 0 Å². The van der Waals surface area contributed by atoms with E-state index >= 15 is 0 Å². The zero-order valence-electron chi connectivity index (χ0n) is 11.1. The van der Waals surface area contributed by atoms with Crippen LogP contribution in [-0.4, -0.2) is 44.7 Å². The molecular formula is C12H21N5O. The summed E-state index contributed by atoms with van der Waals surface area (Å²) in [7, 11) is 1.90. The Kier molecular flexibility index (Phi) is 4.30. The van der Waals surface area contributed by atoms with Gasteiger partial charge in [0.2, 0.25) is 5.91 Å². The minimum atomic E-state index is -0.167. The van der Waals surface area contributed by atoms with E-state index in [1.807, 2.05) is 23.4 Å². The minimum Gasteiger partial charge on any atom is -0.341 e. The van der Waals surface area contributed by atoms with Crippen LogP contribution in [0, 0.1) is 0 Å². The van der Waals surface area contributed by atoms with Crippen molar-refractivity contribution in [3.63, 3.8) is 0 Å². The average Bonchev–Trinajstić information content (AvgIpc) is 2.81. The number of piperidine rings is 1. The molecule has 0 aliphatic carbocycles. The van der Waals surface area contributed by atoms with Crippen molar-refractivity contribution in [3.05, 3.63) is 12.2 Å². The SMILES string of the molecule is CC(NCc1nncn1C)C(=O)N1CCCCC1. The number of aromatic nitrogens is 3. The standard InChI is InChI=1S/C12H21N5O/c1-10(12(18)17-6-4-3-5-7-17)13-8-11-15-14-9-16(11)2/h9-10,13H,3-8H2,1-2H3. The molecule has 0 aromatic carbocycles. The molecule has 1 atom stereocenters. The fourth-order valence-corrected chi connectivity index (χ4v) is 2.19. The van der Waals surface area contributed by atoms with Gasteiger partial charge in [-0.05, 0) is 26.2 Å². The molecule has 2 rings (SSSR count). The molecule has 1 aromatic rings. The van der Waals surface area contributed by atoms with E-state index in [1.54, 1.807) is 6.33 Å². The summed E-state index contributed by atoms with van der Waals surface area (Å²) in [4.78, 5) is 14.1. The number of carbonyl (C=O) groups excluding carboxylic acids is 1. The van der Waals surface area contributed by atoms with Gasteiger partial charge in [-0.3, -0.25) is 10.1 Å². The summed E-state index contributed by atoms with van der Waals surface area (Å²) in [5.74, 6) is 1.03. The molecule has 1 N–H and O–H groups in total. The van der Waals surface area contributed by atoms with Gasteiger partial charge in [0.15, 0.2) is 0 Å². The molecule has 1 fully saturated rings. The van der Waals surface area contributed by atoms with Gasteiger partial charge in [0.25, 0.3) is 0 Å². The van der Waals surface area contributed by atoms with Crippen molar-refractivity contribution in [1.82, 2.24) is 25.0 Å². The third-order valence-electron chi connectivity index (χ3n) is 3.41. The van der Waals surface area contributed by atoms with Crippen LogP contribution in [0.4, 0.5) is 0 Å². The van der Waals surface area contributed by atoms with Gasteiger partial charge in [-0.25, -0.2) is 0 Å². The number of hydrogen-bond donors (Lipinski definition) is 1. The number of hydrogen-bond acceptors (Lipinski definition) is 4. The highest BCUT2D eigenvalue weighted by Crippen LogP contribution is 2.10. The second-order valence-corrected chi connectivity index (χ2v) is 4.85. The molecule has 6 heteroatoms. The first-order chi connectivity index (χ1) is 8.68. The van der Waals surface area contributed by atoms with E-state index in [4.69, 9.17) is 0 Å². The molecule has 1 amide bonds. The fraction of sp³-hybridized carbons (Fsp3) is 0.750. The van der Waals surface area contributed by atoms with Crippen molar-refractivity contribution in [1.29, 1.82) is 0 Å². The minimum absolute atomic E-state index is 0.167. The molecule has 0 saturated carbocycles. The number of aryl methyl sites for hydroxylation is 1. The maximum Gasteiger partial charge on any atom is 0.239 e. The van der Waals surface area contributed by atoms with Crippen LogP contribution >= 0.6 is 0 Å². The summed E-state index contributed by atoms with van der Waals surface area (Å²) >= 11 is 0. The van der Waals surface area contributed by atoms with Crippen LogP contribution < -0.4 is 5.32 Å². The van der Waals surface area contributed by atoms with Crippen LogP contribution in [0.5, 0.6) is 0 Å². The Hall–Kier alpha value is -1.43. The predicted octanol–water partition coefficient (Wildman–Crippen LogP) is 0.306. The van der Waals surface area contributed by atoms with E-state index in [9.17, 15) is 4.79 Å². The van der Waals surface area contributed by atoms with Gasteiger partial charge in [0.05, 0.1) is 12.6 Å². The van der Waals surface area contributed by atoms with Crippen LogP contribution in [-0.2, 0) is 18.4 Å². The number of rotatable bonds is 4. The van der Waals surface area contributed by atoms with Gasteiger partial charge in [0, 0.05) is 20.1 Å². The molecule has 100 valence electrons. The Morgan fingerprint density at radius 1 is 1.44 bits per heavy atom. The van der Waals surface area contributed by atoms with E-state index in [0.717, 1.165) is 31.8 Å². The molecule has 1 unspecified atom stereocenters. The monoisotopic (exact) mass is 251 g/mol. The summed E-state index contributed by atoms with van der Waals surface area (Å²) < 4.78 is 1.85. The summed E-state index contributed by atoms with van der Waals surface area (Å²) in [6.07, 6.45) is 5.15. The van der Waals surface area contributed by atoms with E-state index in [0.29, 0.717) is 6.54 Å². The molecule has 2 heterocycles. The van der Waals surface area contributed by atoms with Crippen molar-refractivity contribution in [2.24, 2.45) is 7.05 Å². The van der Waals surface area contributed by atoms with E-state index in [-0.39, 0.29) is 11.9 Å². The zero-order valence-corrected chi connectivity index (χ0v) is 11.1. The van der Waals surface area contributed by atoms with Gasteiger partial charge in [-0.1, -0.05) is 0 Å². The van der Waals surface area contributed by atoms with Crippen LogP contribution in [0.2, 0.25) is 0 Å². The normalized spacial score (nSPS) is 17.8. The van der Waals surface area contributed by atoms with Gasteiger partial charge >= 0.3 is 0 Å². The summed E-state index contributed by atoms with van der Waals surface area (Å²) in [5, 5.41) is 11.0. The number of nitrogens with one attached hydrogen (secondary N) is 1. The number of amides is 1. The maximum atomic E-state index is 12.2. The number of likely N-dealkylation sites (tertiary alicyclic amines) is 1. The molecule has 0 bridgehead atoms. The first-order valence-electron chi connectivity index (χ1n) is 6.53.